The van der Waals surface area contributed by atoms with E-state index < -0.39 is 0 Å². The Morgan fingerprint density at radius 2 is 2.11 bits per heavy atom. The number of anilines is 2. The molecule has 0 unspecified atom stereocenters. The highest BCUT2D eigenvalue weighted by molar-refractivity contribution is 5.88. The smallest absolute Gasteiger partial charge is 0.0672 e. The van der Waals surface area contributed by atoms with Gasteiger partial charge in [-0.15, -0.1) is 0 Å². The molecule has 0 radical (unpaired) electrons. The van der Waals surface area contributed by atoms with E-state index >= 15 is 0 Å². The fraction of sp³-hybridized carbons (Fsp3) is 0.500. The van der Waals surface area contributed by atoms with Crippen molar-refractivity contribution >= 4 is 22.3 Å². The molecule has 2 aromatic rings. The second-order valence-corrected chi connectivity index (χ2v) is 5.45. The van der Waals surface area contributed by atoms with E-state index in [4.69, 9.17) is 5.73 Å². The lowest BCUT2D eigenvalue weighted by molar-refractivity contribution is 0.111. The van der Waals surface area contributed by atoms with Crippen LogP contribution in [0.15, 0.2) is 18.3 Å². The van der Waals surface area contributed by atoms with Crippen LogP contribution in [0, 0.1) is 5.92 Å². The molecule has 1 heterocycles. The molecule has 1 aliphatic carbocycles. The first kappa shape index (κ1) is 12.3. The van der Waals surface area contributed by atoms with Crippen LogP contribution in [-0.4, -0.2) is 28.0 Å². The molecule has 5 heteroatoms. The Morgan fingerprint density at radius 1 is 1.32 bits per heavy atom. The van der Waals surface area contributed by atoms with Gasteiger partial charge in [0.25, 0.3) is 0 Å². The third-order valence-electron chi connectivity index (χ3n) is 4.01. The van der Waals surface area contributed by atoms with Crippen molar-refractivity contribution in [2.45, 2.75) is 31.8 Å². The summed E-state index contributed by atoms with van der Waals surface area (Å²) in [5.41, 5.74) is 8.75. The number of nitrogens with zero attached hydrogens (tertiary/aromatic N) is 1. The normalized spacial score (nSPS) is 23.6. The summed E-state index contributed by atoms with van der Waals surface area (Å²) in [6, 6.07) is 3.95. The fourth-order valence-corrected chi connectivity index (χ4v) is 2.77. The lowest BCUT2D eigenvalue weighted by Gasteiger charge is -2.26. The summed E-state index contributed by atoms with van der Waals surface area (Å²) in [6.07, 6.45) is 5.68. The SMILES string of the molecule is Nc1cc2cn[nH]c2cc1NCC1CCC(O)CC1. The van der Waals surface area contributed by atoms with Crippen molar-refractivity contribution in [2.75, 3.05) is 17.6 Å². The minimum Gasteiger partial charge on any atom is -0.397 e. The van der Waals surface area contributed by atoms with E-state index in [1.165, 1.54) is 0 Å². The zero-order chi connectivity index (χ0) is 13.2. The van der Waals surface area contributed by atoms with Crippen molar-refractivity contribution in [3.63, 3.8) is 0 Å². The molecule has 0 saturated heterocycles. The minimum absolute atomic E-state index is 0.0948. The highest BCUT2D eigenvalue weighted by Gasteiger charge is 2.19. The van der Waals surface area contributed by atoms with E-state index in [2.05, 4.69) is 15.5 Å². The van der Waals surface area contributed by atoms with Crippen LogP contribution in [0.4, 0.5) is 11.4 Å². The molecule has 1 aromatic heterocycles. The molecule has 1 aliphatic rings. The van der Waals surface area contributed by atoms with Gasteiger partial charge in [-0.05, 0) is 43.7 Å². The Bertz CT molecular complexity index is 558. The number of aliphatic hydroxyl groups excluding tert-OH is 1. The maximum absolute atomic E-state index is 9.50. The van der Waals surface area contributed by atoms with Crippen LogP contribution in [0.25, 0.3) is 10.9 Å². The number of aromatic nitrogens is 2. The molecule has 19 heavy (non-hydrogen) atoms. The summed E-state index contributed by atoms with van der Waals surface area (Å²) in [5, 5.41) is 20.9. The van der Waals surface area contributed by atoms with E-state index in [0.717, 1.165) is 54.5 Å². The number of fused-ring (bicyclic) bond motifs is 1. The Morgan fingerprint density at radius 3 is 2.89 bits per heavy atom. The Hall–Kier alpha value is -1.75. The molecule has 1 aromatic carbocycles. The first-order valence-corrected chi connectivity index (χ1v) is 6.87. The molecule has 0 bridgehead atoms. The molecule has 102 valence electrons. The fourth-order valence-electron chi connectivity index (χ4n) is 2.77. The van der Waals surface area contributed by atoms with Crippen molar-refractivity contribution < 1.29 is 5.11 Å². The van der Waals surface area contributed by atoms with Crippen LogP contribution < -0.4 is 11.1 Å². The standard InChI is InChI=1S/C14H20N4O/c15-12-5-10-8-17-18-13(10)6-14(12)16-7-9-1-3-11(19)4-2-9/h5-6,8-9,11,16,19H,1-4,7,15H2,(H,17,18). The predicted octanol–water partition coefficient (Wildman–Crippen LogP) is 2.11. The molecule has 5 N–H and O–H groups in total. The Balaban J connectivity index is 1.66. The summed E-state index contributed by atoms with van der Waals surface area (Å²) in [7, 11) is 0. The van der Waals surface area contributed by atoms with Gasteiger partial charge in [-0.25, -0.2) is 0 Å². The van der Waals surface area contributed by atoms with Gasteiger partial charge in [-0.1, -0.05) is 0 Å². The molecular formula is C14H20N4O. The molecule has 0 spiro atoms. The third kappa shape index (κ3) is 2.66. The third-order valence-corrected chi connectivity index (χ3v) is 4.01. The zero-order valence-corrected chi connectivity index (χ0v) is 10.9. The van der Waals surface area contributed by atoms with Crippen molar-refractivity contribution in [1.82, 2.24) is 10.2 Å². The average molecular weight is 260 g/mol. The Kier molecular flexibility index (Phi) is 3.29. The van der Waals surface area contributed by atoms with Crippen molar-refractivity contribution in [3.8, 4) is 0 Å². The lowest BCUT2D eigenvalue weighted by atomic mass is 9.87. The first-order chi connectivity index (χ1) is 9.22. The number of rotatable bonds is 3. The van der Waals surface area contributed by atoms with Gasteiger partial charge in [0.1, 0.15) is 0 Å². The van der Waals surface area contributed by atoms with Gasteiger partial charge in [0.15, 0.2) is 0 Å². The number of nitrogens with one attached hydrogen (secondary N) is 2. The number of hydrogen-bond acceptors (Lipinski definition) is 4. The zero-order valence-electron chi connectivity index (χ0n) is 10.9. The van der Waals surface area contributed by atoms with Crippen LogP contribution in [0.2, 0.25) is 0 Å². The van der Waals surface area contributed by atoms with Gasteiger partial charge in [-0.2, -0.15) is 5.10 Å². The number of nitrogens with two attached hydrogens (primary N) is 1. The summed E-state index contributed by atoms with van der Waals surface area (Å²) in [6.45, 7) is 0.913. The second kappa shape index (κ2) is 5.09. The van der Waals surface area contributed by atoms with Crippen molar-refractivity contribution in [2.24, 2.45) is 5.92 Å². The minimum atomic E-state index is -0.0948. The van der Waals surface area contributed by atoms with Crippen molar-refractivity contribution in [3.05, 3.63) is 18.3 Å². The number of benzene rings is 1. The highest BCUT2D eigenvalue weighted by atomic mass is 16.3. The number of hydrogen-bond donors (Lipinski definition) is 4. The Labute approximate surface area is 112 Å². The van der Waals surface area contributed by atoms with E-state index in [0.29, 0.717) is 5.92 Å². The quantitative estimate of drug-likeness (QED) is 0.637. The highest BCUT2D eigenvalue weighted by Crippen LogP contribution is 2.28. The molecule has 0 aliphatic heterocycles. The van der Waals surface area contributed by atoms with Crippen LogP contribution in [0.5, 0.6) is 0 Å². The monoisotopic (exact) mass is 260 g/mol. The first-order valence-electron chi connectivity index (χ1n) is 6.87. The van der Waals surface area contributed by atoms with E-state index in [9.17, 15) is 5.11 Å². The topological polar surface area (TPSA) is 87.0 Å². The second-order valence-electron chi connectivity index (χ2n) is 5.45. The van der Waals surface area contributed by atoms with Gasteiger partial charge in [0, 0.05) is 11.9 Å². The summed E-state index contributed by atoms with van der Waals surface area (Å²) >= 11 is 0. The van der Waals surface area contributed by atoms with Crippen molar-refractivity contribution in [1.29, 1.82) is 0 Å². The molecule has 5 nitrogen and oxygen atoms in total. The lowest BCUT2D eigenvalue weighted by Crippen LogP contribution is -2.23. The molecule has 0 atom stereocenters. The van der Waals surface area contributed by atoms with E-state index in [-0.39, 0.29) is 6.10 Å². The van der Waals surface area contributed by atoms with Gasteiger partial charge < -0.3 is 16.2 Å². The molecule has 0 amide bonds. The van der Waals surface area contributed by atoms with Gasteiger partial charge in [0.05, 0.1) is 29.2 Å². The van der Waals surface area contributed by atoms with Crippen LogP contribution >= 0.6 is 0 Å². The molecule has 3 rings (SSSR count). The molecular weight excluding hydrogens is 240 g/mol. The summed E-state index contributed by atoms with van der Waals surface area (Å²) in [5.74, 6) is 0.625. The maximum atomic E-state index is 9.50. The largest absolute Gasteiger partial charge is 0.397 e. The summed E-state index contributed by atoms with van der Waals surface area (Å²) in [4.78, 5) is 0. The van der Waals surface area contributed by atoms with Gasteiger partial charge >= 0.3 is 0 Å². The van der Waals surface area contributed by atoms with Crippen LogP contribution in [0.3, 0.4) is 0 Å². The number of nitrogen functional groups attached to an aromatic ring is 1. The molecule has 1 fully saturated rings. The average Bonchev–Trinajstić information content (AvgIpc) is 2.85. The predicted molar refractivity (Wildman–Crippen MR) is 77.0 cm³/mol. The molecule has 1 saturated carbocycles. The van der Waals surface area contributed by atoms with Crippen LogP contribution in [-0.2, 0) is 0 Å². The number of aromatic amines is 1. The van der Waals surface area contributed by atoms with Gasteiger partial charge in [-0.3, -0.25) is 5.10 Å². The van der Waals surface area contributed by atoms with Crippen LogP contribution in [0.1, 0.15) is 25.7 Å². The van der Waals surface area contributed by atoms with Gasteiger partial charge in [0.2, 0.25) is 0 Å². The van der Waals surface area contributed by atoms with E-state index in [1.54, 1.807) is 6.20 Å². The number of aliphatic hydroxyl groups is 1. The number of H-pyrrole nitrogens is 1. The summed E-state index contributed by atoms with van der Waals surface area (Å²) < 4.78 is 0. The van der Waals surface area contributed by atoms with E-state index in [1.807, 2.05) is 12.1 Å². The maximum Gasteiger partial charge on any atom is 0.0672 e.